The summed E-state index contributed by atoms with van der Waals surface area (Å²) in [7, 11) is 0. The molecule has 2 amide bonds. The van der Waals surface area contributed by atoms with Gasteiger partial charge in [0.2, 0.25) is 5.91 Å². The summed E-state index contributed by atoms with van der Waals surface area (Å²) >= 11 is 0. The minimum absolute atomic E-state index is 0.202. The van der Waals surface area contributed by atoms with Gasteiger partial charge in [-0.25, -0.2) is 0 Å². The molecule has 0 bridgehead atoms. The van der Waals surface area contributed by atoms with Crippen LogP contribution in [0.5, 0.6) is 5.75 Å². The van der Waals surface area contributed by atoms with Gasteiger partial charge in [-0.05, 0) is 49.6 Å². The number of carbonyl (C=O) groups is 2. The number of amides is 2. The third-order valence-electron chi connectivity index (χ3n) is 3.69. The summed E-state index contributed by atoms with van der Waals surface area (Å²) in [5, 5.41) is 0. The topological polar surface area (TPSA) is 67.4 Å². The van der Waals surface area contributed by atoms with Crippen LogP contribution in [0.15, 0.2) is 48.5 Å². The summed E-state index contributed by atoms with van der Waals surface area (Å²) in [4.78, 5) is 23.8. The summed E-state index contributed by atoms with van der Waals surface area (Å²) in [5.74, 6) is -0.0704. The van der Waals surface area contributed by atoms with Gasteiger partial charge < -0.3 is 4.74 Å². The van der Waals surface area contributed by atoms with Gasteiger partial charge in [-0.3, -0.25) is 20.4 Å². The van der Waals surface area contributed by atoms with Crippen molar-refractivity contribution in [3.63, 3.8) is 0 Å². The van der Waals surface area contributed by atoms with E-state index >= 15 is 0 Å². The summed E-state index contributed by atoms with van der Waals surface area (Å²) < 4.78 is 5.60. The minimum atomic E-state index is -0.718. The number of hydrogen-bond acceptors (Lipinski definition) is 3. The molecule has 24 heavy (non-hydrogen) atoms. The van der Waals surface area contributed by atoms with Crippen molar-refractivity contribution < 1.29 is 14.3 Å². The van der Waals surface area contributed by atoms with Crippen LogP contribution in [0.3, 0.4) is 0 Å². The molecule has 1 unspecified atom stereocenters. The number of hydrazine groups is 1. The zero-order chi connectivity index (χ0) is 17.5. The zero-order valence-corrected chi connectivity index (χ0v) is 14.1. The first-order valence-corrected chi connectivity index (χ1v) is 7.82. The Bertz CT molecular complexity index is 714. The summed E-state index contributed by atoms with van der Waals surface area (Å²) in [5.41, 5.74) is 7.92. The van der Waals surface area contributed by atoms with E-state index in [1.807, 2.05) is 62.4 Å². The lowest BCUT2D eigenvalue weighted by molar-refractivity contribution is -0.132. The molecular formula is C19H22N2O3. The second-order valence-corrected chi connectivity index (χ2v) is 5.71. The van der Waals surface area contributed by atoms with Crippen LogP contribution >= 0.6 is 0 Å². The highest BCUT2D eigenvalue weighted by Gasteiger charge is 2.15. The minimum Gasteiger partial charge on any atom is -0.481 e. The van der Waals surface area contributed by atoms with E-state index in [4.69, 9.17) is 4.74 Å². The smallest absolute Gasteiger partial charge is 0.279 e. The fourth-order valence-corrected chi connectivity index (χ4v) is 2.10. The van der Waals surface area contributed by atoms with Crippen molar-refractivity contribution in [2.75, 3.05) is 0 Å². The van der Waals surface area contributed by atoms with Crippen LogP contribution in [0.1, 0.15) is 23.6 Å². The van der Waals surface area contributed by atoms with Crippen LogP contribution in [-0.2, 0) is 16.0 Å². The molecule has 0 saturated heterocycles. The molecule has 0 saturated carbocycles. The molecule has 0 heterocycles. The fourth-order valence-electron chi connectivity index (χ4n) is 2.10. The van der Waals surface area contributed by atoms with Gasteiger partial charge in [0, 0.05) is 0 Å². The third-order valence-corrected chi connectivity index (χ3v) is 3.69. The van der Waals surface area contributed by atoms with E-state index in [1.165, 1.54) is 0 Å². The van der Waals surface area contributed by atoms with Gasteiger partial charge in [0.05, 0.1) is 6.42 Å². The SMILES string of the molecule is Cc1ccc(OC(C)C(=O)NNC(=O)Cc2ccccc2)cc1C. The van der Waals surface area contributed by atoms with Crippen molar-refractivity contribution >= 4 is 11.8 Å². The van der Waals surface area contributed by atoms with Crippen molar-refractivity contribution in [2.24, 2.45) is 0 Å². The van der Waals surface area contributed by atoms with Gasteiger partial charge in [-0.15, -0.1) is 0 Å². The molecule has 0 aromatic heterocycles. The number of ether oxygens (including phenoxy) is 1. The molecular weight excluding hydrogens is 304 g/mol. The maximum atomic E-state index is 12.0. The Morgan fingerprint density at radius 1 is 1.00 bits per heavy atom. The predicted octanol–water partition coefficient (Wildman–Crippen LogP) is 2.46. The van der Waals surface area contributed by atoms with Crippen molar-refractivity contribution in [3.8, 4) is 5.75 Å². The molecule has 126 valence electrons. The van der Waals surface area contributed by atoms with Crippen LogP contribution in [0.4, 0.5) is 0 Å². The lowest BCUT2D eigenvalue weighted by atomic mass is 10.1. The highest BCUT2D eigenvalue weighted by atomic mass is 16.5. The standard InChI is InChI=1S/C19H22N2O3/c1-13-9-10-17(11-14(13)2)24-15(3)19(23)21-20-18(22)12-16-7-5-4-6-8-16/h4-11,15H,12H2,1-3H3,(H,20,22)(H,21,23). The van der Waals surface area contributed by atoms with Crippen LogP contribution < -0.4 is 15.6 Å². The van der Waals surface area contributed by atoms with Crippen LogP contribution in [0, 0.1) is 13.8 Å². The Kier molecular flexibility index (Phi) is 5.95. The van der Waals surface area contributed by atoms with Gasteiger partial charge in [-0.2, -0.15) is 0 Å². The van der Waals surface area contributed by atoms with Gasteiger partial charge in [0.15, 0.2) is 6.10 Å². The highest BCUT2D eigenvalue weighted by molar-refractivity contribution is 5.85. The summed E-state index contributed by atoms with van der Waals surface area (Å²) in [6, 6.07) is 15.0. The van der Waals surface area contributed by atoms with Crippen molar-refractivity contribution in [1.29, 1.82) is 0 Å². The number of benzene rings is 2. The summed E-state index contributed by atoms with van der Waals surface area (Å²) in [6.07, 6.45) is -0.516. The van der Waals surface area contributed by atoms with E-state index in [0.29, 0.717) is 5.75 Å². The van der Waals surface area contributed by atoms with Gasteiger partial charge >= 0.3 is 0 Å². The second kappa shape index (κ2) is 8.15. The molecule has 1 atom stereocenters. The van der Waals surface area contributed by atoms with E-state index in [1.54, 1.807) is 6.92 Å². The maximum absolute atomic E-state index is 12.0. The largest absolute Gasteiger partial charge is 0.481 e. The lowest BCUT2D eigenvalue weighted by Gasteiger charge is -2.16. The Hall–Kier alpha value is -2.82. The molecule has 0 spiro atoms. The molecule has 0 fully saturated rings. The average molecular weight is 326 g/mol. The fraction of sp³-hybridized carbons (Fsp3) is 0.263. The van der Waals surface area contributed by atoms with Crippen molar-refractivity contribution in [1.82, 2.24) is 10.9 Å². The van der Waals surface area contributed by atoms with Gasteiger partial charge in [0.25, 0.3) is 5.91 Å². The Morgan fingerprint density at radius 3 is 2.38 bits per heavy atom. The van der Waals surface area contributed by atoms with Crippen molar-refractivity contribution in [2.45, 2.75) is 33.3 Å². The van der Waals surface area contributed by atoms with Crippen molar-refractivity contribution in [3.05, 3.63) is 65.2 Å². The Balaban J connectivity index is 1.80. The van der Waals surface area contributed by atoms with E-state index in [2.05, 4.69) is 10.9 Å². The number of carbonyl (C=O) groups excluding carboxylic acids is 2. The van der Waals surface area contributed by atoms with Crippen LogP contribution in [-0.4, -0.2) is 17.9 Å². The normalized spacial score (nSPS) is 11.5. The quantitative estimate of drug-likeness (QED) is 0.830. The predicted molar refractivity (Wildman–Crippen MR) is 92.4 cm³/mol. The van der Waals surface area contributed by atoms with E-state index in [9.17, 15) is 9.59 Å². The molecule has 2 N–H and O–H groups in total. The lowest BCUT2D eigenvalue weighted by Crippen LogP contribution is -2.47. The summed E-state index contributed by atoms with van der Waals surface area (Å²) in [6.45, 7) is 5.63. The first-order chi connectivity index (χ1) is 11.5. The van der Waals surface area contributed by atoms with E-state index in [-0.39, 0.29) is 12.3 Å². The number of nitrogens with one attached hydrogen (secondary N) is 2. The molecule has 0 aliphatic carbocycles. The second-order valence-electron chi connectivity index (χ2n) is 5.71. The van der Waals surface area contributed by atoms with E-state index < -0.39 is 12.0 Å². The molecule has 0 aliphatic heterocycles. The monoisotopic (exact) mass is 326 g/mol. The molecule has 2 rings (SSSR count). The molecule has 2 aromatic carbocycles. The Labute approximate surface area is 142 Å². The molecule has 0 radical (unpaired) electrons. The van der Waals surface area contributed by atoms with Gasteiger partial charge in [-0.1, -0.05) is 36.4 Å². The maximum Gasteiger partial charge on any atom is 0.279 e. The average Bonchev–Trinajstić information content (AvgIpc) is 2.57. The van der Waals surface area contributed by atoms with Crippen LogP contribution in [0.2, 0.25) is 0 Å². The number of hydrogen-bond donors (Lipinski definition) is 2. The van der Waals surface area contributed by atoms with Crippen LogP contribution in [0.25, 0.3) is 0 Å². The Morgan fingerprint density at radius 2 is 1.71 bits per heavy atom. The molecule has 5 heteroatoms. The third kappa shape index (κ3) is 5.12. The molecule has 2 aromatic rings. The van der Waals surface area contributed by atoms with E-state index in [0.717, 1.165) is 16.7 Å². The first-order valence-electron chi connectivity index (χ1n) is 7.82. The number of aryl methyl sites for hydroxylation is 2. The molecule has 5 nitrogen and oxygen atoms in total. The molecule has 0 aliphatic rings. The van der Waals surface area contributed by atoms with Gasteiger partial charge in [0.1, 0.15) is 5.75 Å². The zero-order valence-electron chi connectivity index (χ0n) is 14.1. The first kappa shape index (κ1) is 17.5. The number of rotatable bonds is 5. The highest BCUT2D eigenvalue weighted by Crippen LogP contribution is 2.17.